The minimum atomic E-state index is -1.36. The quantitative estimate of drug-likeness (QED) is 0.178. The van der Waals surface area contributed by atoms with E-state index in [0.717, 1.165) is 0 Å². The van der Waals surface area contributed by atoms with E-state index in [2.05, 4.69) is 16.0 Å². The fourth-order valence-corrected chi connectivity index (χ4v) is 2.06. The summed E-state index contributed by atoms with van der Waals surface area (Å²) in [5.74, 6) is -3.08. The maximum Gasteiger partial charge on any atom is 0.326 e. The number of aliphatic carboxylic acids is 1. The van der Waals surface area contributed by atoms with Gasteiger partial charge in [0.05, 0.1) is 19.8 Å². The van der Waals surface area contributed by atoms with E-state index in [9.17, 15) is 19.2 Å². The third-order valence-electron chi connectivity index (χ3n) is 3.02. The molecule has 0 aromatic rings. The maximum atomic E-state index is 11.8. The number of rotatable bonds is 12. The highest BCUT2D eigenvalue weighted by molar-refractivity contribution is 7.98. The molecule has 0 bridgehead atoms. The lowest BCUT2D eigenvalue weighted by molar-refractivity contribution is -0.141. The van der Waals surface area contributed by atoms with Gasteiger partial charge in [0.25, 0.3) is 0 Å². The van der Waals surface area contributed by atoms with Crippen molar-refractivity contribution in [1.29, 1.82) is 0 Å². The highest BCUT2D eigenvalue weighted by Gasteiger charge is 2.24. The Bertz CT molecular complexity index is 477. The fraction of sp³-hybridized carbons (Fsp3) is 0.692. The van der Waals surface area contributed by atoms with Crippen molar-refractivity contribution in [2.45, 2.75) is 24.5 Å². The van der Waals surface area contributed by atoms with Gasteiger partial charge < -0.3 is 37.0 Å². The number of carboxylic acid groups (broad SMARTS) is 1. The highest BCUT2D eigenvalue weighted by Crippen LogP contribution is 2.00. The Hall–Kier alpha value is -1.89. The Morgan fingerprint density at radius 3 is 2.16 bits per heavy atom. The molecule has 144 valence electrons. The molecule has 0 fully saturated rings. The topological polar surface area (TPSA) is 191 Å². The van der Waals surface area contributed by atoms with Crippen LogP contribution in [-0.4, -0.2) is 88.9 Å². The van der Waals surface area contributed by atoms with E-state index in [4.69, 9.17) is 21.1 Å². The molecule has 0 radical (unpaired) electrons. The zero-order chi connectivity index (χ0) is 19.4. The molecule has 3 atom stereocenters. The molecule has 12 heteroatoms. The second-order valence-electron chi connectivity index (χ2n) is 4.99. The zero-order valence-corrected chi connectivity index (χ0v) is 14.5. The molecule has 0 saturated heterocycles. The molecule has 0 aromatic carbocycles. The second-order valence-corrected chi connectivity index (χ2v) is 5.98. The number of carboxylic acids is 1. The van der Waals surface area contributed by atoms with E-state index in [1.54, 1.807) is 6.26 Å². The summed E-state index contributed by atoms with van der Waals surface area (Å²) in [5, 5.41) is 33.4. The first-order valence-corrected chi connectivity index (χ1v) is 8.72. The SMILES string of the molecule is CSCCC(NC(=O)CNC(=O)C(CO)NC(=O)C(N)CO)C(=O)O. The van der Waals surface area contributed by atoms with Gasteiger partial charge in [-0.15, -0.1) is 0 Å². The predicted molar refractivity (Wildman–Crippen MR) is 89.7 cm³/mol. The van der Waals surface area contributed by atoms with Gasteiger partial charge in [-0.25, -0.2) is 4.79 Å². The normalized spacial score (nSPS) is 14.1. The van der Waals surface area contributed by atoms with Gasteiger partial charge in [0.1, 0.15) is 18.1 Å². The van der Waals surface area contributed by atoms with Gasteiger partial charge >= 0.3 is 5.97 Å². The van der Waals surface area contributed by atoms with Crippen molar-refractivity contribution in [1.82, 2.24) is 16.0 Å². The number of hydrogen-bond acceptors (Lipinski definition) is 8. The summed E-state index contributed by atoms with van der Waals surface area (Å²) in [6, 6.07) is -3.68. The van der Waals surface area contributed by atoms with Gasteiger partial charge in [-0.2, -0.15) is 11.8 Å². The van der Waals surface area contributed by atoms with E-state index in [1.165, 1.54) is 11.8 Å². The van der Waals surface area contributed by atoms with E-state index in [0.29, 0.717) is 5.75 Å². The zero-order valence-electron chi connectivity index (χ0n) is 13.7. The van der Waals surface area contributed by atoms with Crippen molar-refractivity contribution >= 4 is 35.5 Å². The van der Waals surface area contributed by atoms with E-state index in [1.807, 2.05) is 0 Å². The summed E-state index contributed by atoms with van der Waals surface area (Å²) in [6.45, 7) is -1.91. The largest absolute Gasteiger partial charge is 0.480 e. The van der Waals surface area contributed by atoms with Gasteiger partial charge in [-0.1, -0.05) is 0 Å². The second kappa shape index (κ2) is 12.5. The monoisotopic (exact) mass is 380 g/mol. The Kier molecular flexibility index (Phi) is 11.5. The van der Waals surface area contributed by atoms with Crippen molar-refractivity contribution in [2.24, 2.45) is 5.73 Å². The Morgan fingerprint density at radius 2 is 1.68 bits per heavy atom. The molecule has 8 N–H and O–H groups in total. The molecule has 0 aliphatic heterocycles. The van der Waals surface area contributed by atoms with E-state index >= 15 is 0 Å². The number of hydrogen-bond donors (Lipinski definition) is 7. The molecular formula is C13H24N4O7S. The van der Waals surface area contributed by atoms with Crippen LogP contribution in [-0.2, 0) is 19.2 Å². The standard InChI is InChI=1S/C13H24N4O7S/c1-25-3-2-8(13(23)24)16-10(20)4-15-12(22)9(6-19)17-11(21)7(14)5-18/h7-9,18-19H,2-6,14H2,1H3,(H,15,22)(H,16,20)(H,17,21)(H,23,24). The summed E-state index contributed by atoms with van der Waals surface area (Å²) in [7, 11) is 0. The smallest absolute Gasteiger partial charge is 0.326 e. The van der Waals surface area contributed by atoms with Crippen LogP contribution in [0.4, 0.5) is 0 Å². The van der Waals surface area contributed by atoms with Crippen LogP contribution >= 0.6 is 11.8 Å². The molecule has 11 nitrogen and oxygen atoms in total. The third-order valence-corrected chi connectivity index (χ3v) is 3.66. The Labute approximate surface area is 148 Å². The van der Waals surface area contributed by atoms with Crippen molar-refractivity contribution in [3.8, 4) is 0 Å². The molecular weight excluding hydrogens is 356 g/mol. The van der Waals surface area contributed by atoms with E-state index in [-0.39, 0.29) is 6.42 Å². The highest BCUT2D eigenvalue weighted by atomic mass is 32.2. The first-order chi connectivity index (χ1) is 11.8. The Balaban J connectivity index is 4.46. The van der Waals surface area contributed by atoms with E-state index < -0.39 is 61.6 Å². The van der Waals surface area contributed by atoms with Crippen molar-refractivity contribution in [3.63, 3.8) is 0 Å². The number of carbonyl (C=O) groups is 4. The van der Waals surface area contributed by atoms with Crippen LogP contribution in [0.5, 0.6) is 0 Å². The predicted octanol–water partition coefficient (Wildman–Crippen LogP) is -3.78. The molecule has 3 amide bonds. The van der Waals surface area contributed by atoms with Crippen LogP contribution in [0.1, 0.15) is 6.42 Å². The number of nitrogens with one attached hydrogen (secondary N) is 3. The number of aliphatic hydroxyl groups is 2. The minimum Gasteiger partial charge on any atom is -0.480 e. The summed E-state index contributed by atoms with van der Waals surface area (Å²) in [6.07, 6.45) is 2.03. The van der Waals surface area contributed by atoms with Gasteiger partial charge in [-0.05, 0) is 18.4 Å². The molecule has 3 unspecified atom stereocenters. The number of amides is 3. The van der Waals surface area contributed by atoms with Crippen molar-refractivity contribution in [3.05, 3.63) is 0 Å². The minimum absolute atomic E-state index is 0.227. The Morgan fingerprint density at radius 1 is 1.04 bits per heavy atom. The van der Waals surface area contributed by atoms with Gasteiger partial charge in [0, 0.05) is 0 Å². The first kappa shape index (κ1) is 23.1. The van der Waals surface area contributed by atoms with Crippen LogP contribution in [0, 0.1) is 0 Å². The summed E-state index contributed by atoms with van der Waals surface area (Å²) in [5.41, 5.74) is 5.27. The summed E-state index contributed by atoms with van der Waals surface area (Å²) in [4.78, 5) is 46.0. The molecule has 0 aromatic heterocycles. The number of nitrogens with two attached hydrogens (primary N) is 1. The fourth-order valence-electron chi connectivity index (χ4n) is 1.58. The number of thioether (sulfide) groups is 1. The lowest BCUT2D eigenvalue weighted by atomic mass is 10.2. The molecule has 0 heterocycles. The van der Waals surface area contributed by atoms with Gasteiger partial charge in [-0.3, -0.25) is 14.4 Å². The van der Waals surface area contributed by atoms with Gasteiger partial charge in [0.2, 0.25) is 17.7 Å². The molecule has 0 aliphatic rings. The molecule has 0 saturated carbocycles. The van der Waals surface area contributed by atoms with Crippen LogP contribution in [0.3, 0.4) is 0 Å². The summed E-state index contributed by atoms with van der Waals surface area (Å²) >= 11 is 1.43. The molecule has 0 rings (SSSR count). The van der Waals surface area contributed by atoms with Crippen LogP contribution < -0.4 is 21.7 Å². The van der Waals surface area contributed by atoms with Crippen LogP contribution in [0.25, 0.3) is 0 Å². The van der Waals surface area contributed by atoms with Crippen molar-refractivity contribution < 1.29 is 34.5 Å². The molecule has 0 spiro atoms. The average molecular weight is 380 g/mol. The third kappa shape index (κ3) is 9.24. The molecule has 25 heavy (non-hydrogen) atoms. The van der Waals surface area contributed by atoms with Crippen LogP contribution in [0.15, 0.2) is 0 Å². The van der Waals surface area contributed by atoms with Gasteiger partial charge in [0.15, 0.2) is 0 Å². The summed E-state index contributed by atoms with van der Waals surface area (Å²) < 4.78 is 0. The molecule has 0 aliphatic carbocycles. The first-order valence-electron chi connectivity index (χ1n) is 7.33. The number of carbonyl (C=O) groups excluding carboxylic acids is 3. The average Bonchev–Trinajstić information content (AvgIpc) is 2.59. The lowest BCUT2D eigenvalue weighted by Gasteiger charge is -2.18. The maximum absolute atomic E-state index is 11.8. The lowest BCUT2D eigenvalue weighted by Crippen LogP contribution is -2.55. The van der Waals surface area contributed by atoms with Crippen LogP contribution in [0.2, 0.25) is 0 Å². The van der Waals surface area contributed by atoms with Crippen molar-refractivity contribution in [2.75, 3.05) is 31.8 Å². The number of aliphatic hydroxyl groups excluding tert-OH is 2.